The van der Waals surface area contributed by atoms with Crippen LogP contribution in [0.4, 0.5) is 0 Å². The number of benzene rings is 4. The van der Waals surface area contributed by atoms with Crippen LogP contribution in [0.2, 0.25) is 0 Å². The lowest BCUT2D eigenvalue weighted by atomic mass is 9.96. The lowest BCUT2D eigenvalue weighted by Gasteiger charge is -2.09. The second kappa shape index (κ2) is 8.38. The third-order valence-corrected chi connectivity index (χ3v) is 6.14. The van der Waals surface area contributed by atoms with Crippen LogP contribution in [0.25, 0.3) is 44.1 Å². The number of hydrogen-bond acceptors (Lipinski definition) is 3. The Bertz CT molecular complexity index is 1550. The van der Waals surface area contributed by atoms with Gasteiger partial charge < -0.3 is 0 Å². The second-order valence-corrected chi connectivity index (χ2v) is 8.25. The first-order valence-electron chi connectivity index (χ1n) is 11.2. The number of ketones is 1. The zero-order valence-corrected chi connectivity index (χ0v) is 18.3. The van der Waals surface area contributed by atoms with Crippen molar-refractivity contribution in [2.75, 3.05) is 0 Å². The normalized spacial score (nSPS) is 11.1. The predicted molar refractivity (Wildman–Crippen MR) is 138 cm³/mol. The summed E-state index contributed by atoms with van der Waals surface area (Å²) in [6, 6.07) is 35.7. The van der Waals surface area contributed by atoms with E-state index in [1.54, 1.807) is 0 Å². The van der Waals surface area contributed by atoms with Crippen LogP contribution in [0.5, 0.6) is 0 Å². The molecule has 6 rings (SSSR count). The van der Waals surface area contributed by atoms with E-state index in [-0.39, 0.29) is 5.78 Å². The van der Waals surface area contributed by atoms with Crippen molar-refractivity contribution < 1.29 is 4.79 Å². The molecule has 2 heterocycles. The molecule has 0 aliphatic heterocycles. The lowest BCUT2D eigenvalue weighted by molar-refractivity contribution is 0.103. The number of aromatic nitrogens is 2. The van der Waals surface area contributed by atoms with Crippen molar-refractivity contribution in [1.82, 2.24) is 9.97 Å². The molecule has 2 aromatic heterocycles. The Labute approximate surface area is 197 Å². The highest BCUT2D eigenvalue weighted by Gasteiger charge is 2.14. The fourth-order valence-electron chi connectivity index (χ4n) is 4.48. The second-order valence-electron chi connectivity index (χ2n) is 8.25. The van der Waals surface area contributed by atoms with Gasteiger partial charge in [0.25, 0.3) is 0 Å². The predicted octanol–water partition coefficient (Wildman–Crippen LogP) is 7.35. The summed E-state index contributed by atoms with van der Waals surface area (Å²) >= 11 is 0. The monoisotopic (exact) mass is 436 g/mol. The molecule has 0 aliphatic carbocycles. The summed E-state index contributed by atoms with van der Waals surface area (Å²) in [6.07, 6.45) is 3.62. The Balaban J connectivity index is 1.40. The van der Waals surface area contributed by atoms with Crippen molar-refractivity contribution in [3.05, 3.63) is 133 Å². The average molecular weight is 437 g/mol. The molecule has 0 atom stereocenters. The molecule has 4 aromatic carbocycles. The summed E-state index contributed by atoms with van der Waals surface area (Å²) < 4.78 is 0. The van der Waals surface area contributed by atoms with Gasteiger partial charge in [-0.15, -0.1) is 0 Å². The minimum atomic E-state index is -0.0239. The van der Waals surface area contributed by atoms with Gasteiger partial charge in [0.1, 0.15) is 0 Å². The third-order valence-electron chi connectivity index (χ3n) is 6.14. The Morgan fingerprint density at radius 1 is 0.500 bits per heavy atom. The smallest absolute Gasteiger partial charge is 0.193 e. The van der Waals surface area contributed by atoms with Gasteiger partial charge in [0, 0.05) is 45.4 Å². The molecule has 0 spiro atoms. The van der Waals surface area contributed by atoms with E-state index >= 15 is 0 Å². The molecule has 34 heavy (non-hydrogen) atoms. The number of hydrogen-bond donors (Lipinski definition) is 0. The molecule has 0 unspecified atom stereocenters. The first-order chi connectivity index (χ1) is 16.8. The molecule has 3 heteroatoms. The van der Waals surface area contributed by atoms with Crippen LogP contribution in [-0.2, 0) is 0 Å². The summed E-state index contributed by atoms with van der Waals surface area (Å²) in [4.78, 5) is 22.7. The van der Waals surface area contributed by atoms with Crippen LogP contribution in [0, 0.1) is 0 Å². The van der Waals surface area contributed by atoms with Crippen LogP contribution in [-0.4, -0.2) is 15.8 Å². The highest BCUT2D eigenvalue weighted by molar-refractivity contribution is 6.10. The van der Waals surface area contributed by atoms with Crippen molar-refractivity contribution in [3.8, 4) is 22.5 Å². The summed E-state index contributed by atoms with van der Waals surface area (Å²) in [5.74, 6) is -0.0239. The summed E-state index contributed by atoms with van der Waals surface area (Å²) in [5, 5.41) is 4.39. The number of carbonyl (C=O) groups is 1. The van der Waals surface area contributed by atoms with Gasteiger partial charge in [-0.2, -0.15) is 0 Å². The molecule has 0 amide bonds. The van der Waals surface area contributed by atoms with Gasteiger partial charge in [0.15, 0.2) is 5.78 Å². The van der Waals surface area contributed by atoms with E-state index < -0.39 is 0 Å². The van der Waals surface area contributed by atoms with Crippen LogP contribution in [0.1, 0.15) is 15.9 Å². The minimum absolute atomic E-state index is 0.0239. The van der Waals surface area contributed by atoms with E-state index in [2.05, 4.69) is 34.2 Å². The molecule has 6 aromatic rings. The standard InChI is InChI=1S/C31H20N2O/c34-31(25-11-5-9-23(19-25)29-27-13-3-1-7-21(27)15-17-32-29)26-12-6-10-24(20-26)30-28-14-4-2-8-22(28)16-18-33-30/h1-20H. The quantitative estimate of drug-likeness (QED) is 0.271. The van der Waals surface area contributed by atoms with Crippen LogP contribution < -0.4 is 0 Å². The lowest BCUT2D eigenvalue weighted by Crippen LogP contribution is -2.02. The highest BCUT2D eigenvalue weighted by atomic mass is 16.1. The summed E-state index contributed by atoms with van der Waals surface area (Å²) in [5.41, 5.74) is 4.87. The van der Waals surface area contributed by atoms with E-state index in [0.29, 0.717) is 11.1 Å². The molecule has 0 fully saturated rings. The molecule has 0 N–H and O–H groups in total. The molecule has 0 saturated heterocycles. The number of fused-ring (bicyclic) bond motifs is 2. The molecule has 0 bridgehead atoms. The molecule has 0 saturated carbocycles. The maximum atomic E-state index is 13.5. The van der Waals surface area contributed by atoms with Crippen molar-refractivity contribution in [2.24, 2.45) is 0 Å². The van der Waals surface area contributed by atoms with Gasteiger partial charge in [-0.3, -0.25) is 14.8 Å². The van der Waals surface area contributed by atoms with Crippen LogP contribution in [0.3, 0.4) is 0 Å². The maximum Gasteiger partial charge on any atom is 0.193 e. The average Bonchev–Trinajstić information content (AvgIpc) is 2.92. The van der Waals surface area contributed by atoms with Crippen LogP contribution in [0.15, 0.2) is 122 Å². The zero-order chi connectivity index (χ0) is 22.9. The topological polar surface area (TPSA) is 42.9 Å². The minimum Gasteiger partial charge on any atom is -0.289 e. The Morgan fingerprint density at radius 3 is 1.47 bits per heavy atom. The Hall–Kier alpha value is -4.63. The fraction of sp³-hybridized carbons (Fsp3) is 0. The van der Waals surface area contributed by atoms with E-state index in [1.165, 1.54) is 0 Å². The van der Waals surface area contributed by atoms with Gasteiger partial charge in [-0.05, 0) is 35.0 Å². The SMILES string of the molecule is O=C(c1cccc(-c2nccc3ccccc23)c1)c1cccc(-c2nccc3ccccc23)c1. The van der Waals surface area contributed by atoms with Crippen molar-refractivity contribution in [1.29, 1.82) is 0 Å². The largest absolute Gasteiger partial charge is 0.289 e. The molecule has 3 nitrogen and oxygen atoms in total. The molecule has 0 aliphatic rings. The van der Waals surface area contributed by atoms with Gasteiger partial charge >= 0.3 is 0 Å². The van der Waals surface area contributed by atoms with Crippen molar-refractivity contribution >= 4 is 27.3 Å². The van der Waals surface area contributed by atoms with Gasteiger partial charge in [0.2, 0.25) is 0 Å². The summed E-state index contributed by atoms with van der Waals surface area (Å²) in [6.45, 7) is 0. The van der Waals surface area contributed by atoms with E-state index in [0.717, 1.165) is 44.1 Å². The number of nitrogens with zero attached hydrogens (tertiary/aromatic N) is 2. The fourth-order valence-corrected chi connectivity index (χ4v) is 4.48. The highest BCUT2D eigenvalue weighted by Crippen LogP contribution is 2.29. The van der Waals surface area contributed by atoms with E-state index in [4.69, 9.17) is 0 Å². The van der Waals surface area contributed by atoms with Gasteiger partial charge in [-0.25, -0.2) is 0 Å². The van der Waals surface area contributed by atoms with Gasteiger partial charge in [-0.1, -0.05) is 84.9 Å². The number of pyridine rings is 2. The van der Waals surface area contributed by atoms with E-state index in [1.807, 2.05) is 97.3 Å². The van der Waals surface area contributed by atoms with Crippen LogP contribution >= 0.6 is 0 Å². The van der Waals surface area contributed by atoms with Crippen molar-refractivity contribution in [3.63, 3.8) is 0 Å². The third kappa shape index (κ3) is 3.54. The number of carbonyl (C=O) groups excluding carboxylic acids is 1. The Morgan fingerprint density at radius 2 is 0.971 bits per heavy atom. The summed E-state index contributed by atoms with van der Waals surface area (Å²) in [7, 11) is 0. The zero-order valence-electron chi connectivity index (χ0n) is 18.3. The number of rotatable bonds is 4. The van der Waals surface area contributed by atoms with Gasteiger partial charge in [0.05, 0.1) is 11.4 Å². The maximum absolute atomic E-state index is 13.5. The van der Waals surface area contributed by atoms with Crippen molar-refractivity contribution in [2.45, 2.75) is 0 Å². The first kappa shape index (κ1) is 20.0. The Kier molecular flexibility index (Phi) is 4.93. The molecular formula is C31H20N2O. The first-order valence-corrected chi connectivity index (χ1v) is 11.2. The van der Waals surface area contributed by atoms with E-state index in [9.17, 15) is 4.79 Å². The molecule has 0 radical (unpaired) electrons. The molecular weight excluding hydrogens is 416 g/mol. The molecule has 160 valence electrons.